The van der Waals surface area contributed by atoms with E-state index in [2.05, 4.69) is 6.92 Å². The maximum Gasteiger partial charge on any atom is 0.145 e. The molecule has 0 aromatic heterocycles. The smallest absolute Gasteiger partial charge is 0.145 e. The van der Waals surface area contributed by atoms with Gasteiger partial charge in [0.1, 0.15) is 22.5 Å². The predicted octanol–water partition coefficient (Wildman–Crippen LogP) is 9.30. The van der Waals surface area contributed by atoms with Gasteiger partial charge in [-0.1, -0.05) is 62.8 Å². The van der Waals surface area contributed by atoms with Crippen molar-refractivity contribution in [1.82, 2.24) is 0 Å². The summed E-state index contributed by atoms with van der Waals surface area (Å²) in [6.45, 7) is 2.26. The van der Waals surface area contributed by atoms with E-state index < -0.39 is 22.5 Å². The summed E-state index contributed by atoms with van der Waals surface area (Å²) in [5.41, 5.74) is 1.40. The molecule has 4 unspecified atom stereocenters. The summed E-state index contributed by atoms with van der Waals surface area (Å²) >= 11 is 5.56. The van der Waals surface area contributed by atoms with Crippen LogP contribution in [0.4, 0.5) is 13.2 Å². The van der Waals surface area contributed by atoms with Crippen molar-refractivity contribution in [3.63, 3.8) is 0 Å². The molecule has 0 spiro atoms. The number of halogens is 4. The lowest BCUT2D eigenvalue weighted by atomic mass is 9.63. The summed E-state index contributed by atoms with van der Waals surface area (Å²) in [6, 6.07) is 7.34. The lowest BCUT2D eigenvalue weighted by Crippen LogP contribution is -2.30. The van der Waals surface area contributed by atoms with Crippen LogP contribution in [-0.2, 0) is 0 Å². The summed E-state index contributed by atoms with van der Waals surface area (Å²) in [5, 5.41) is -0.558. The summed E-state index contributed by atoms with van der Waals surface area (Å²) < 4.78 is 42.5. The molecule has 31 heavy (non-hydrogen) atoms. The molecule has 0 heterocycles. The number of fused-ring (bicyclic) bond motifs is 1. The van der Waals surface area contributed by atoms with Gasteiger partial charge in [-0.25, -0.2) is 13.2 Å². The molecule has 2 fully saturated rings. The van der Waals surface area contributed by atoms with Gasteiger partial charge in [0, 0.05) is 5.56 Å². The Kier molecular flexibility index (Phi) is 7.31. The molecule has 2 aliphatic carbocycles. The number of hydrogen-bond donors (Lipinski definition) is 0. The molecule has 0 amide bonds. The van der Waals surface area contributed by atoms with Gasteiger partial charge in [-0.2, -0.15) is 0 Å². The van der Waals surface area contributed by atoms with Crippen LogP contribution in [0.2, 0.25) is 5.02 Å². The molecule has 2 aromatic carbocycles. The standard InChI is InChI=1S/C27H32ClF3/c1-2-3-4-5-17-6-7-19-13-20(9-8-18(19)12-17)21-10-11-23(24(29)14-21)22-15-25(30)27(28)26(31)16-22/h10-11,14-20H,2-9,12-13H2,1H3. The molecule has 2 aromatic rings. The van der Waals surface area contributed by atoms with Gasteiger partial charge in [-0.05, 0) is 85.1 Å². The Morgan fingerprint density at radius 1 is 0.839 bits per heavy atom. The van der Waals surface area contributed by atoms with Crippen LogP contribution in [0.5, 0.6) is 0 Å². The minimum atomic E-state index is -0.872. The fourth-order valence-electron chi connectivity index (χ4n) is 5.96. The van der Waals surface area contributed by atoms with E-state index in [0.29, 0.717) is 5.92 Å². The van der Waals surface area contributed by atoms with Crippen LogP contribution in [0.25, 0.3) is 11.1 Å². The van der Waals surface area contributed by atoms with Crippen molar-refractivity contribution < 1.29 is 13.2 Å². The molecule has 2 saturated carbocycles. The number of unbranched alkanes of at least 4 members (excludes halogenated alkanes) is 2. The predicted molar refractivity (Wildman–Crippen MR) is 122 cm³/mol. The van der Waals surface area contributed by atoms with Gasteiger partial charge in [0.15, 0.2) is 0 Å². The van der Waals surface area contributed by atoms with Crippen LogP contribution in [-0.4, -0.2) is 0 Å². The van der Waals surface area contributed by atoms with Gasteiger partial charge in [-0.3, -0.25) is 0 Å². The van der Waals surface area contributed by atoms with E-state index in [1.54, 1.807) is 12.1 Å². The molecular weight excluding hydrogens is 417 g/mol. The normalized spacial score (nSPS) is 26.0. The highest BCUT2D eigenvalue weighted by molar-refractivity contribution is 6.31. The van der Waals surface area contributed by atoms with Gasteiger partial charge < -0.3 is 0 Å². The zero-order valence-corrected chi connectivity index (χ0v) is 19.0. The topological polar surface area (TPSA) is 0 Å². The van der Waals surface area contributed by atoms with Crippen LogP contribution >= 0.6 is 11.6 Å². The number of rotatable bonds is 6. The van der Waals surface area contributed by atoms with Crippen LogP contribution < -0.4 is 0 Å². The van der Waals surface area contributed by atoms with Gasteiger partial charge in [0.05, 0.1) is 0 Å². The van der Waals surface area contributed by atoms with Crippen molar-refractivity contribution in [2.45, 2.75) is 77.0 Å². The largest absolute Gasteiger partial charge is 0.206 e. The maximum atomic E-state index is 14.9. The molecule has 4 atom stereocenters. The number of hydrogen-bond acceptors (Lipinski definition) is 0. The van der Waals surface area contributed by atoms with E-state index in [1.165, 1.54) is 51.4 Å². The molecule has 2 aliphatic rings. The lowest BCUT2D eigenvalue weighted by Gasteiger charge is -2.42. The Morgan fingerprint density at radius 3 is 2.26 bits per heavy atom. The second-order valence-electron chi connectivity index (χ2n) is 9.70. The fourth-order valence-corrected chi connectivity index (χ4v) is 6.07. The van der Waals surface area contributed by atoms with Gasteiger partial charge in [0.2, 0.25) is 0 Å². The van der Waals surface area contributed by atoms with E-state index in [-0.39, 0.29) is 11.1 Å². The molecule has 0 nitrogen and oxygen atoms in total. The zero-order chi connectivity index (χ0) is 22.0. The lowest BCUT2D eigenvalue weighted by molar-refractivity contribution is 0.113. The molecular formula is C27H32ClF3. The zero-order valence-electron chi connectivity index (χ0n) is 18.3. The van der Waals surface area contributed by atoms with Gasteiger partial charge >= 0.3 is 0 Å². The van der Waals surface area contributed by atoms with Crippen LogP contribution in [0, 0.1) is 35.2 Å². The first-order chi connectivity index (χ1) is 15.0. The first kappa shape index (κ1) is 22.7. The Balaban J connectivity index is 1.42. The SMILES string of the molecule is CCCCCC1CCC2CC(c3ccc(-c4cc(F)c(Cl)c(F)c4)c(F)c3)CCC2C1. The first-order valence-electron chi connectivity index (χ1n) is 11.9. The van der Waals surface area contributed by atoms with Crippen molar-refractivity contribution in [2.75, 3.05) is 0 Å². The Morgan fingerprint density at radius 2 is 1.55 bits per heavy atom. The third-order valence-electron chi connectivity index (χ3n) is 7.70. The van der Waals surface area contributed by atoms with E-state index in [9.17, 15) is 13.2 Å². The van der Waals surface area contributed by atoms with E-state index in [0.717, 1.165) is 48.3 Å². The van der Waals surface area contributed by atoms with Crippen LogP contribution in [0.15, 0.2) is 30.3 Å². The molecule has 0 saturated heterocycles. The second-order valence-corrected chi connectivity index (χ2v) is 10.1. The Hall–Kier alpha value is -1.48. The highest BCUT2D eigenvalue weighted by Crippen LogP contribution is 2.48. The average molecular weight is 449 g/mol. The van der Waals surface area contributed by atoms with Crippen molar-refractivity contribution in [1.29, 1.82) is 0 Å². The molecule has 0 radical (unpaired) electrons. The van der Waals surface area contributed by atoms with Crippen molar-refractivity contribution in [3.8, 4) is 11.1 Å². The van der Waals surface area contributed by atoms with E-state index in [1.807, 2.05) is 6.07 Å². The molecule has 4 heteroatoms. The average Bonchev–Trinajstić information content (AvgIpc) is 2.77. The Labute approximate surface area is 189 Å². The van der Waals surface area contributed by atoms with Crippen molar-refractivity contribution in [3.05, 3.63) is 58.4 Å². The summed E-state index contributed by atoms with van der Waals surface area (Å²) in [6.07, 6.45) is 12.9. The van der Waals surface area contributed by atoms with Crippen molar-refractivity contribution >= 4 is 11.6 Å². The minimum absolute atomic E-state index is 0.175. The quantitative estimate of drug-likeness (QED) is 0.305. The molecule has 0 bridgehead atoms. The highest BCUT2D eigenvalue weighted by Gasteiger charge is 2.36. The van der Waals surface area contributed by atoms with Crippen molar-refractivity contribution in [2.24, 2.45) is 17.8 Å². The summed E-state index contributed by atoms with van der Waals surface area (Å²) in [4.78, 5) is 0. The monoisotopic (exact) mass is 448 g/mol. The molecule has 0 N–H and O–H groups in total. The minimum Gasteiger partial charge on any atom is -0.206 e. The van der Waals surface area contributed by atoms with E-state index in [4.69, 9.17) is 11.6 Å². The summed E-state index contributed by atoms with van der Waals surface area (Å²) in [7, 11) is 0. The molecule has 168 valence electrons. The number of benzene rings is 2. The van der Waals surface area contributed by atoms with Crippen LogP contribution in [0.1, 0.15) is 82.6 Å². The third-order valence-corrected chi connectivity index (χ3v) is 8.06. The second kappa shape index (κ2) is 9.98. The van der Waals surface area contributed by atoms with E-state index >= 15 is 0 Å². The molecule has 0 aliphatic heterocycles. The maximum absolute atomic E-state index is 14.9. The van der Waals surface area contributed by atoms with Gasteiger partial charge in [-0.15, -0.1) is 0 Å². The van der Waals surface area contributed by atoms with Crippen LogP contribution in [0.3, 0.4) is 0 Å². The molecule has 4 rings (SSSR count). The Bertz CT molecular complexity index is 886. The summed E-state index contributed by atoms with van der Waals surface area (Å²) in [5.74, 6) is 0.693. The first-order valence-corrected chi connectivity index (χ1v) is 12.3. The highest BCUT2D eigenvalue weighted by atomic mass is 35.5. The third kappa shape index (κ3) is 5.13. The van der Waals surface area contributed by atoms with Gasteiger partial charge in [0.25, 0.3) is 0 Å². The fraction of sp³-hybridized carbons (Fsp3) is 0.556.